The van der Waals surface area contributed by atoms with Crippen LogP contribution in [-0.2, 0) is 23.7 Å². The SMILES string of the molecule is CCOC(=O)c1[nH]c(/C=C2/CC/C(=C/c3[nH]c(C(=O)OCC)c(C)c3C(=O)OCC)C2=O)c(C(=O)OCC)c1C. The highest BCUT2D eigenvalue weighted by Gasteiger charge is 2.30. The summed E-state index contributed by atoms with van der Waals surface area (Å²) in [6, 6.07) is 0. The van der Waals surface area contributed by atoms with Gasteiger partial charge in [0.25, 0.3) is 0 Å². The summed E-state index contributed by atoms with van der Waals surface area (Å²) in [4.78, 5) is 69.6. The van der Waals surface area contributed by atoms with Crippen LogP contribution in [0.25, 0.3) is 12.2 Å². The molecule has 1 aliphatic carbocycles. The van der Waals surface area contributed by atoms with Gasteiger partial charge in [-0.15, -0.1) is 0 Å². The first-order valence-corrected chi connectivity index (χ1v) is 13.2. The number of allylic oxidation sites excluding steroid dienone is 2. The van der Waals surface area contributed by atoms with E-state index in [1.54, 1.807) is 41.5 Å². The second-order valence-corrected chi connectivity index (χ2v) is 8.88. The summed E-state index contributed by atoms with van der Waals surface area (Å²) >= 11 is 0. The van der Waals surface area contributed by atoms with Crippen LogP contribution in [0.4, 0.5) is 0 Å². The smallest absolute Gasteiger partial charge is 0.355 e. The summed E-state index contributed by atoms with van der Waals surface area (Å²) in [5.74, 6) is -2.82. The van der Waals surface area contributed by atoms with Crippen LogP contribution in [0.5, 0.6) is 0 Å². The number of esters is 4. The number of Topliss-reactive ketones (excluding diaryl/α,β-unsaturated/α-hetero) is 1. The van der Waals surface area contributed by atoms with E-state index in [2.05, 4.69) is 9.97 Å². The van der Waals surface area contributed by atoms with Crippen molar-refractivity contribution < 1.29 is 42.9 Å². The number of carbonyl (C=O) groups is 5. The molecule has 0 spiro atoms. The molecule has 0 atom stereocenters. The lowest BCUT2D eigenvalue weighted by atomic mass is 10.1. The van der Waals surface area contributed by atoms with E-state index in [-0.39, 0.29) is 66.1 Å². The first-order chi connectivity index (χ1) is 19.1. The van der Waals surface area contributed by atoms with Gasteiger partial charge in [0, 0.05) is 11.1 Å². The lowest BCUT2D eigenvalue weighted by Gasteiger charge is -2.04. The fourth-order valence-electron chi connectivity index (χ4n) is 4.53. The molecule has 214 valence electrons. The van der Waals surface area contributed by atoms with E-state index in [9.17, 15) is 24.0 Å². The molecule has 2 aromatic rings. The molecule has 0 unspecified atom stereocenters. The van der Waals surface area contributed by atoms with Crippen molar-refractivity contribution in [2.75, 3.05) is 26.4 Å². The van der Waals surface area contributed by atoms with Crippen molar-refractivity contribution in [2.24, 2.45) is 0 Å². The van der Waals surface area contributed by atoms with E-state index >= 15 is 0 Å². The van der Waals surface area contributed by atoms with Crippen molar-refractivity contribution in [1.82, 2.24) is 9.97 Å². The number of aromatic nitrogens is 2. The van der Waals surface area contributed by atoms with Crippen LogP contribution < -0.4 is 0 Å². The zero-order chi connectivity index (χ0) is 29.6. The molecule has 1 fully saturated rings. The summed E-state index contributed by atoms with van der Waals surface area (Å²) in [5, 5.41) is 0. The monoisotopic (exact) mass is 554 g/mol. The number of rotatable bonds is 10. The third-order valence-corrected chi connectivity index (χ3v) is 6.36. The van der Waals surface area contributed by atoms with E-state index in [0.717, 1.165) is 0 Å². The fourth-order valence-corrected chi connectivity index (χ4v) is 4.53. The standard InChI is InChI=1S/C29H34N2O9/c1-7-37-26(33)21-15(5)23(28(35)39-9-3)30-19(21)13-17-11-12-18(25(17)32)14-20-22(27(34)38-8-2)16(6)24(31-20)29(36)40-10-4/h13-14,30-31H,7-12H2,1-6H3/b17-13-,18-14-. The summed E-state index contributed by atoms with van der Waals surface area (Å²) < 4.78 is 20.5. The highest BCUT2D eigenvalue weighted by atomic mass is 16.5. The van der Waals surface area contributed by atoms with Crippen molar-refractivity contribution in [3.63, 3.8) is 0 Å². The van der Waals surface area contributed by atoms with Gasteiger partial charge in [0.2, 0.25) is 0 Å². The molecule has 0 aliphatic heterocycles. The Labute approximate surface area is 231 Å². The molecule has 0 bridgehead atoms. The summed E-state index contributed by atoms with van der Waals surface area (Å²) in [7, 11) is 0. The van der Waals surface area contributed by atoms with Crippen molar-refractivity contribution >= 4 is 41.8 Å². The normalized spacial score (nSPS) is 15.0. The highest BCUT2D eigenvalue weighted by Crippen LogP contribution is 2.33. The predicted octanol–water partition coefficient (Wildman–Crippen LogP) is 4.50. The van der Waals surface area contributed by atoms with Gasteiger partial charge in [-0.1, -0.05) is 0 Å². The van der Waals surface area contributed by atoms with Gasteiger partial charge < -0.3 is 28.9 Å². The van der Waals surface area contributed by atoms with Gasteiger partial charge in [0.15, 0.2) is 5.78 Å². The first-order valence-electron chi connectivity index (χ1n) is 13.2. The fraction of sp³-hybridized carbons (Fsp3) is 0.414. The third kappa shape index (κ3) is 6.08. The summed E-state index contributed by atoms with van der Waals surface area (Å²) in [6.07, 6.45) is 3.75. The molecule has 2 N–H and O–H groups in total. The van der Waals surface area contributed by atoms with E-state index < -0.39 is 23.9 Å². The largest absolute Gasteiger partial charge is 0.462 e. The minimum absolute atomic E-state index is 0.102. The Hall–Kier alpha value is -4.41. The van der Waals surface area contributed by atoms with E-state index in [0.29, 0.717) is 35.1 Å². The lowest BCUT2D eigenvalue weighted by molar-refractivity contribution is -0.111. The van der Waals surface area contributed by atoms with Crippen LogP contribution in [0.2, 0.25) is 0 Å². The number of hydrogen-bond acceptors (Lipinski definition) is 9. The highest BCUT2D eigenvalue weighted by molar-refractivity contribution is 6.16. The van der Waals surface area contributed by atoms with E-state index in [1.165, 1.54) is 12.2 Å². The van der Waals surface area contributed by atoms with Gasteiger partial charge >= 0.3 is 23.9 Å². The average Bonchev–Trinajstić information content (AvgIpc) is 3.53. The molecule has 11 heteroatoms. The molecular formula is C29H34N2O9. The molecule has 1 saturated carbocycles. The number of nitrogens with one attached hydrogen (secondary N) is 2. The van der Waals surface area contributed by atoms with Crippen molar-refractivity contribution in [3.8, 4) is 0 Å². The van der Waals surface area contributed by atoms with Gasteiger partial charge in [-0.3, -0.25) is 4.79 Å². The maximum Gasteiger partial charge on any atom is 0.355 e. The molecule has 3 rings (SSSR count). The van der Waals surface area contributed by atoms with Crippen molar-refractivity contribution in [1.29, 1.82) is 0 Å². The molecule has 0 aromatic carbocycles. The molecule has 0 amide bonds. The molecule has 1 aliphatic rings. The zero-order valence-electron chi connectivity index (χ0n) is 23.6. The Balaban J connectivity index is 2.05. The van der Waals surface area contributed by atoms with Crippen LogP contribution in [0.1, 0.15) is 105 Å². The predicted molar refractivity (Wildman–Crippen MR) is 145 cm³/mol. The first kappa shape index (κ1) is 30.1. The van der Waals surface area contributed by atoms with Gasteiger partial charge in [-0.2, -0.15) is 0 Å². The number of H-pyrrole nitrogens is 2. The molecular weight excluding hydrogens is 520 g/mol. The van der Waals surface area contributed by atoms with Crippen LogP contribution in [0.3, 0.4) is 0 Å². The summed E-state index contributed by atoms with van der Waals surface area (Å²) in [6.45, 7) is 10.4. The van der Waals surface area contributed by atoms with Gasteiger partial charge in [0.05, 0.1) is 48.9 Å². The minimum Gasteiger partial charge on any atom is -0.462 e. The number of carbonyl (C=O) groups excluding carboxylic acids is 5. The Bertz CT molecular complexity index is 1300. The Morgan fingerprint density at radius 1 is 0.625 bits per heavy atom. The second kappa shape index (κ2) is 13.1. The zero-order valence-corrected chi connectivity index (χ0v) is 23.6. The van der Waals surface area contributed by atoms with Crippen LogP contribution >= 0.6 is 0 Å². The molecule has 0 radical (unpaired) electrons. The van der Waals surface area contributed by atoms with Gasteiger partial charge in [-0.05, 0) is 77.7 Å². The Morgan fingerprint density at radius 2 is 0.950 bits per heavy atom. The Kier molecular flexibility index (Phi) is 9.87. The van der Waals surface area contributed by atoms with Crippen molar-refractivity contribution in [2.45, 2.75) is 54.4 Å². The van der Waals surface area contributed by atoms with Crippen LogP contribution in [0, 0.1) is 13.8 Å². The molecule has 2 heterocycles. The maximum atomic E-state index is 13.4. The van der Waals surface area contributed by atoms with E-state index in [4.69, 9.17) is 18.9 Å². The van der Waals surface area contributed by atoms with Crippen LogP contribution in [-0.4, -0.2) is 66.1 Å². The molecule has 0 saturated heterocycles. The van der Waals surface area contributed by atoms with E-state index in [1.807, 2.05) is 0 Å². The number of hydrogen-bond donors (Lipinski definition) is 2. The number of aromatic amines is 2. The molecule has 11 nitrogen and oxygen atoms in total. The quantitative estimate of drug-likeness (QED) is 0.245. The maximum absolute atomic E-state index is 13.4. The average molecular weight is 555 g/mol. The van der Waals surface area contributed by atoms with Crippen LogP contribution in [0.15, 0.2) is 11.1 Å². The Morgan fingerprint density at radius 3 is 1.27 bits per heavy atom. The molecule has 40 heavy (non-hydrogen) atoms. The summed E-state index contributed by atoms with van der Waals surface area (Å²) in [5.41, 5.74) is 2.51. The topological polar surface area (TPSA) is 154 Å². The van der Waals surface area contributed by atoms with Gasteiger partial charge in [0.1, 0.15) is 11.4 Å². The lowest BCUT2D eigenvalue weighted by Crippen LogP contribution is -2.09. The minimum atomic E-state index is -0.632. The second-order valence-electron chi connectivity index (χ2n) is 8.88. The van der Waals surface area contributed by atoms with Crippen molar-refractivity contribution in [3.05, 3.63) is 56.2 Å². The molecule has 2 aromatic heterocycles. The van der Waals surface area contributed by atoms with Gasteiger partial charge in [-0.25, -0.2) is 19.2 Å². The third-order valence-electron chi connectivity index (χ3n) is 6.36. The number of ether oxygens (including phenoxy) is 4. The number of ketones is 1.